The van der Waals surface area contributed by atoms with E-state index in [4.69, 9.17) is 0 Å². The lowest BCUT2D eigenvalue weighted by molar-refractivity contribution is -0.255. The van der Waals surface area contributed by atoms with Crippen LogP contribution in [0.3, 0.4) is 0 Å². The lowest BCUT2D eigenvalue weighted by Gasteiger charge is -2.31. The van der Waals surface area contributed by atoms with Gasteiger partial charge in [-0.1, -0.05) is 24.3 Å². The molecule has 1 aromatic carbocycles. The zero-order chi connectivity index (χ0) is 12.5. The van der Waals surface area contributed by atoms with Crippen LogP contribution in [0.25, 0.3) is 0 Å². The topological polar surface area (TPSA) is 64.5 Å². The largest absolute Gasteiger partial charge is 0.545 e. The Bertz CT molecular complexity index is 531. The van der Waals surface area contributed by atoms with Gasteiger partial charge >= 0.3 is 0 Å². The molecule has 4 nitrogen and oxygen atoms in total. The van der Waals surface area contributed by atoms with Gasteiger partial charge in [0.15, 0.2) is 0 Å². The van der Waals surface area contributed by atoms with E-state index in [2.05, 4.69) is 22.7 Å². The van der Waals surface area contributed by atoms with Crippen LogP contribution in [-0.2, 0) is 0 Å². The first-order valence-corrected chi connectivity index (χ1v) is 6.04. The summed E-state index contributed by atoms with van der Waals surface area (Å²) in [6.45, 7) is 0. The number of hydrogen-bond donors (Lipinski definition) is 1. The molecule has 18 heavy (non-hydrogen) atoms. The summed E-state index contributed by atoms with van der Waals surface area (Å²) in [5.41, 5.74) is 5.15. The van der Waals surface area contributed by atoms with Crippen molar-refractivity contribution < 1.29 is 9.90 Å². The number of nitrogens with one attached hydrogen (secondary N) is 1. The number of hydrogen-bond acceptors (Lipinski definition) is 4. The van der Waals surface area contributed by atoms with E-state index in [-0.39, 0.29) is 5.56 Å². The van der Waals surface area contributed by atoms with Gasteiger partial charge in [-0.2, -0.15) is 5.10 Å². The van der Waals surface area contributed by atoms with Crippen molar-refractivity contribution in [3.8, 4) is 0 Å². The van der Waals surface area contributed by atoms with Gasteiger partial charge in [-0.3, -0.25) is 5.43 Å². The maximum Gasteiger partial charge on any atom is 0.0715 e. The average Bonchev–Trinajstić information content (AvgIpc) is 2.72. The first-order chi connectivity index (χ1) is 8.74. The second kappa shape index (κ2) is 4.29. The normalized spacial score (nSPS) is 26.8. The van der Waals surface area contributed by atoms with Gasteiger partial charge in [0.25, 0.3) is 0 Å². The summed E-state index contributed by atoms with van der Waals surface area (Å²) in [6.07, 6.45) is 6.60. The smallest absolute Gasteiger partial charge is 0.0715 e. The third-order valence-electron chi connectivity index (χ3n) is 3.61. The average molecular weight is 241 g/mol. The summed E-state index contributed by atoms with van der Waals surface area (Å²) in [5, 5.41) is 15.0. The van der Waals surface area contributed by atoms with E-state index in [0.717, 1.165) is 18.5 Å². The molecule has 1 aromatic rings. The number of allylic oxidation sites excluding steroid dienone is 2. The van der Waals surface area contributed by atoms with E-state index in [1.807, 2.05) is 0 Å². The predicted molar refractivity (Wildman–Crippen MR) is 67.2 cm³/mol. The molecule has 0 bridgehead atoms. The molecule has 2 aliphatic rings. The number of benzene rings is 1. The molecule has 0 radical (unpaired) electrons. The van der Waals surface area contributed by atoms with Crippen molar-refractivity contribution in [2.75, 3.05) is 5.43 Å². The van der Waals surface area contributed by atoms with Crippen LogP contribution in [0.5, 0.6) is 0 Å². The molecule has 0 aliphatic heterocycles. The van der Waals surface area contributed by atoms with E-state index < -0.39 is 5.97 Å². The van der Waals surface area contributed by atoms with Gasteiger partial charge < -0.3 is 9.90 Å². The van der Waals surface area contributed by atoms with Crippen LogP contribution in [0, 0.1) is 11.8 Å². The molecule has 92 valence electrons. The van der Waals surface area contributed by atoms with Gasteiger partial charge in [-0.05, 0) is 36.5 Å². The zero-order valence-corrected chi connectivity index (χ0v) is 9.80. The molecule has 2 aliphatic carbocycles. The predicted octanol–water partition coefficient (Wildman–Crippen LogP) is 1.41. The van der Waals surface area contributed by atoms with Crippen molar-refractivity contribution in [1.82, 2.24) is 0 Å². The quantitative estimate of drug-likeness (QED) is 0.643. The van der Waals surface area contributed by atoms with E-state index in [9.17, 15) is 9.90 Å². The monoisotopic (exact) mass is 241 g/mol. The fourth-order valence-electron chi connectivity index (χ4n) is 2.48. The SMILES string of the molecule is O=C([O-])c1ccc(N/N=C2/C[C@H]3C=CC[C@H]23)cc1. The van der Waals surface area contributed by atoms with Gasteiger partial charge in [0.05, 0.1) is 11.7 Å². The molecule has 1 fully saturated rings. The fraction of sp³-hybridized carbons (Fsp3) is 0.286. The highest BCUT2D eigenvalue weighted by molar-refractivity contribution is 5.94. The van der Waals surface area contributed by atoms with Gasteiger partial charge in [0.1, 0.15) is 0 Å². The fourth-order valence-corrected chi connectivity index (χ4v) is 2.48. The summed E-state index contributed by atoms with van der Waals surface area (Å²) in [5.74, 6) is 0.109. The Morgan fingerprint density at radius 2 is 2.11 bits per heavy atom. The molecule has 0 saturated heterocycles. The molecule has 2 atom stereocenters. The van der Waals surface area contributed by atoms with Crippen LogP contribution in [0.15, 0.2) is 41.5 Å². The Morgan fingerprint density at radius 3 is 2.78 bits per heavy atom. The number of carbonyl (C=O) groups is 1. The van der Waals surface area contributed by atoms with Gasteiger partial charge in [-0.25, -0.2) is 0 Å². The first-order valence-electron chi connectivity index (χ1n) is 6.04. The first kappa shape index (κ1) is 11.0. The highest BCUT2D eigenvalue weighted by atomic mass is 16.4. The molecule has 4 heteroatoms. The number of carboxylic acids is 1. The maximum absolute atomic E-state index is 10.6. The number of carbonyl (C=O) groups excluding carboxylic acids is 1. The zero-order valence-electron chi connectivity index (χ0n) is 9.80. The van der Waals surface area contributed by atoms with E-state index in [1.165, 1.54) is 17.8 Å². The van der Waals surface area contributed by atoms with Crippen LogP contribution < -0.4 is 10.5 Å². The summed E-state index contributed by atoms with van der Waals surface area (Å²) < 4.78 is 0. The van der Waals surface area contributed by atoms with Crippen molar-refractivity contribution in [2.24, 2.45) is 16.9 Å². The Morgan fingerprint density at radius 1 is 1.33 bits per heavy atom. The van der Waals surface area contributed by atoms with Crippen LogP contribution in [0.1, 0.15) is 23.2 Å². The second-order valence-corrected chi connectivity index (χ2v) is 4.72. The molecular formula is C14H13N2O2-. The summed E-state index contributed by atoms with van der Waals surface area (Å²) in [4.78, 5) is 10.6. The van der Waals surface area contributed by atoms with Crippen LogP contribution >= 0.6 is 0 Å². The minimum absolute atomic E-state index is 0.178. The molecule has 0 amide bonds. The second-order valence-electron chi connectivity index (χ2n) is 4.72. The minimum Gasteiger partial charge on any atom is -0.545 e. The van der Waals surface area contributed by atoms with E-state index >= 15 is 0 Å². The molecule has 0 unspecified atom stereocenters. The number of anilines is 1. The number of carboxylic acid groups (broad SMARTS) is 1. The van der Waals surface area contributed by atoms with Crippen molar-refractivity contribution in [3.05, 3.63) is 42.0 Å². The Hall–Kier alpha value is -2.10. The molecule has 0 aromatic heterocycles. The minimum atomic E-state index is -1.16. The Kier molecular flexibility index (Phi) is 2.63. The van der Waals surface area contributed by atoms with Crippen molar-refractivity contribution >= 4 is 17.4 Å². The van der Waals surface area contributed by atoms with Crippen molar-refractivity contribution in [2.45, 2.75) is 12.8 Å². The summed E-state index contributed by atoms with van der Waals surface area (Å²) >= 11 is 0. The number of hydrazone groups is 1. The molecule has 0 heterocycles. The molecule has 0 spiro atoms. The number of fused-ring (bicyclic) bond motifs is 1. The summed E-state index contributed by atoms with van der Waals surface area (Å²) in [7, 11) is 0. The molecule has 1 N–H and O–H groups in total. The lowest BCUT2D eigenvalue weighted by Crippen LogP contribution is -2.33. The van der Waals surface area contributed by atoms with Crippen LogP contribution in [-0.4, -0.2) is 11.7 Å². The van der Waals surface area contributed by atoms with Gasteiger partial charge in [0, 0.05) is 11.6 Å². The third-order valence-corrected chi connectivity index (χ3v) is 3.61. The van der Waals surface area contributed by atoms with Crippen LogP contribution in [0.4, 0.5) is 5.69 Å². The van der Waals surface area contributed by atoms with Crippen LogP contribution in [0.2, 0.25) is 0 Å². The molecule has 1 saturated carbocycles. The Balaban J connectivity index is 1.63. The molecule has 3 rings (SSSR count). The van der Waals surface area contributed by atoms with Gasteiger partial charge in [-0.15, -0.1) is 0 Å². The maximum atomic E-state index is 10.6. The summed E-state index contributed by atoms with van der Waals surface area (Å²) in [6, 6.07) is 6.41. The van der Waals surface area contributed by atoms with Gasteiger partial charge in [0.2, 0.25) is 0 Å². The highest BCUT2D eigenvalue weighted by Gasteiger charge is 2.37. The number of aromatic carboxylic acids is 1. The number of nitrogens with zero attached hydrogens (tertiary/aromatic N) is 1. The number of rotatable bonds is 3. The third kappa shape index (κ3) is 1.90. The highest BCUT2D eigenvalue weighted by Crippen LogP contribution is 2.40. The lowest BCUT2D eigenvalue weighted by atomic mass is 9.74. The molecular weight excluding hydrogens is 228 g/mol. The standard InChI is InChI=1S/C14H14N2O2/c17-14(18)9-4-6-11(7-5-9)15-16-13-8-10-2-1-3-12(10)13/h1-2,4-7,10,12,15H,3,8H2,(H,17,18)/p-1/b16-13-/t10-,12+/m1/s1. The van der Waals surface area contributed by atoms with E-state index in [0.29, 0.717) is 11.8 Å². The van der Waals surface area contributed by atoms with Crippen molar-refractivity contribution in [3.63, 3.8) is 0 Å². The van der Waals surface area contributed by atoms with Crippen molar-refractivity contribution in [1.29, 1.82) is 0 Å². The Labute approximate surface area is 105 Å². The van der Waals surface area contributed by atoms with E-state index in [1.54, 1.807) is 12.1 Å².